The molecule has 1 aromatic rings. The fraction of sp³-hybridized carbons (Fsp3) is 0.786. The van der Waals surface area contributed by atoms with Gasteiger partial charge in [0.25, 0.3) is 6.01 Å². The molecule has 0 bridgehead atoms. The van der Waals surface area contributed by atoms with Crippen LogP contribution in [0.5, 0.6) is 0 Å². The molecular weight excluding hydrogens is 226 g/mol. The van der Waals surface area contributed by atoms with Crippen LogP contribution >= 0.6 is 0 Å². The molecule has 18 heavy (non-hydrogen) atoms. The van der Waals surface area contributed by atoms with E-state index >= 15 is 0 Å². The lowest BCUT2D eigenvalue weighted by atomic mass is 9.78. The summed E-state index contributed by atoms with van der Waals surface area (Å²) >= 11 is 0. The summed E-state index contributed by atoms with van der Waals surface area (Å²) in [7, 11) is 0. The van der Waals surface area contributed by atoms with Gasteiger partial charge in [-0.3, -0.25) is 0 Å². The van der Waals surface area contributed by atoms with Crippen molar-refractivity contribution >= 4 is 6.01 Å². The second kappa shape index (κ2) is 5.74. The largest absolute Gasteiger partial charge is 0.432 e. The number of oxazole rings is 1. The summed E-state index contributed by atoms with van der Waals surface area (Å²) in [6.07, 6.45) is 5.49. The van der Waals surface area contributed by atoms with E-state index in [4.69, 9.17) is 4.42 Å². The minimum absolute atomic E-state index is 0.510. The zero-order valence-corrected chi connectivity index (χ0v) is 11.8. The van der Waals surface area contributed by atoms with Crippen molar-refractivity contribution in [3.05, 3.63) is 12.0 Å². The van der Waals surface area contributed by atoms with E-state index in [9.17, 15) is 0 Å². The molecule has 1 aliphatic rings. The SMILES string of the molecule is CCNCc1coc(N2CCC(C)(CC)CC2)n1. The predicted octanol–water partition coefficient (Wildman–Crippen LogP) is 2.80. The third-order valence-electron chi connectivity index (χ3n) is 4.19. The van der Waals surface area contributed by atoms with Crippen molar-refractivity contribution in [2.24, 2.45) is 5.41 Å². The summed E-state index contributed by atoms with van der Waals surface area (Å²) < 4.78 is 5.58. The van der Waals surface area contributed by atoms with E-state index in [2.05, 4.69) is 36.0 Å². The molecule has 0 radical (unpaired) electrons. The molecular formula is C14H25N3O. The number of hydrogen-bond donors (Lipinski definition) is 1. The lowest BCUT2D eigenvalue weighted by Gasteiger charge is -2.38. The van der Waals surface area contributed by atoms with Gasteiger partial charge in [-0.05, 0) is 24.8 Å². The highest BCUT2D eigenvalue weighted by molar-refractivity contribution is 5.28. The number of anilines is 1. The van der Waals surface area contributed by atoms with Gasteiger partial charge in [0.15, 0.2) is 0 Å². The van der Waals surface area contributed by atoms with Gasteiger partial charge in [0.2, 0.25) is 0 Å². The van der Waals surface area contributed by atoms with Crippen LogP contribution in [-0.2, 0) is 6.54 Å². The Morgan fingerprint density at radius 1 is 1.39 bits per heavy atom. The molecule has 0 aromatic carbocycles. The van der Waals surface area contributed by atoms with Crippen LogP contribution in [0.4, 0.5) is 6.01 Å². The fourth-order valence-electron chi connectivity index (χ4n) is 2.37. The zero-order chi connectivity index (χ0) is 13.0. The molecule has 0 amide bonds. The first-order valence-corrected chi connectivity index (χ1v) is 7.07. The molecule has 4 heteroatoms. The van der Waals surface area contributed by atoms with Gasteiger partial charge in [-0.15, -0.1) is 0 Å². The topological polar surface area (TPSA) is 41.3 Å². The van der Waals surface area contributed by atoms with Crippen LogP contribution in [0.3, 0.4) is 0 Å². The number of rotatable bonds is 5. The summed E-state index contributed by atoms with van der Waals surface area (Å²) in [6, 6.07) is 0.793. The van der Waals surface area contributed by atoms with Crippen molar-refractivity contribution in [3.63, 3.8) is 0 Å². The Labute approximate surface area is 110 Å². The Kier molecular flexibility index (Phi) is 4.27. The summed E-state index contributed by atoms with van der Waals surface area (Å²) in [4.78, 5) is 6.81. The van der Waals surface area contributed by atoms with Crippen molar-refractivity contribution in [2.75, 3.05) is 24.5 Å². The number of hydrogen-bond acceptors (Lipinski definition) is 4. The standard InChI is InChI=1S/C14H25N3O/c1-4-14(3)6-8-17(9-7-14)13-16-12(11-18-13)10-15-5-2/h11,15H,4-10H2,1-3H3. The van der Waals surface area contributed by atoms with Gasteiger partial charge >= 0.3 is 0 Å². The van der Waals surface area contributed by atoms with Crippen molar-refractivity contribution in [1.29, 1.82) is 0 Å². The first-order valence-electron chi connectivity index (χ1n) is 7.07. The van der Waals surface area contributed by atoms with Gasteiger partial charge in [-0.1, -0.05) is 27.2 Å². The average Bonchev–Trinajstić information content (AvgIpc) is 2.86. The van der Waals surface area contributed by atoms with E-state index in [0.717, 1.165) is 37.9 Å². The van der Waals surface area contributed by atoms with Gasteiger partial charge in [0.05, 0.1) is 5.69 Å². The quantitative estimate of drug-likeness (QED) is 0.873. The lowest BCUT2D eigenvalue weighted by molar-refractivity contribution is 0.233. The minimum atomic E-state index is 0.510. The minimum Gasteiger partial charge on any atom is -0.432 e. The maximum absolute atomic E-state index is 5.58. The molecule has 1 saturated heterocycles. The van der Waals surface area contributed by atoms with Crippen LogP contribution in [0.2, 0.25) is 0 Å². The van der Waals surface area contributed by atoms with Crippen molar-refractivity contribution < 1.29 is 4.42 Å². The van der Waals surface area contributed by atoms with Gasteiger partial charge in [-0.25, -0.2) is 0 Å². The number of nitrogens with one attached hydrogen (secondary N) is 1. The molecule has 0 spiro atoms. The summed E-state index contributed by atoms with van der Waals surface area (Å²) in [5.41, 5.74) is 1.51. The van der Waals surface area contributed by atoms with Crippen LogP contribution in [0.15, 0.2) is 10.7 Å². The van der Waals surface area contributed by atoms with Gasteiger partial charge in [-0.2, -0.15) is 4.98 Å². The van der Waals surface area contributed by atoms with Crippen molar-refractivity contribution in [2.45, 2.75) is 46.6 Å². The summed E-state index contributed by atoms with van der Waals surface area (Å²) in [6.45, 7) is 10.6. The summed E-state index contributed by atoms with van der Waals surface area (Å²) in [5, 5.41) is 3.26. The van der Waals surface area contributed by atoms with E-state index in [1.807, 2.05) is 0 Å². The van der Waals surface area contributed by atoms with E-state index < -0.39 is 0 Å². The third kappa shape index (κ3) is 3.05. The molecule has 0 saturated carbocycles. The second-order valence-corrected chi connectivity index (χ2v) is 5.55. The normalized spacial score (nSPS) is 19.2. The van der Waals surface area contributed by atoms with E-state index in [1.54, 1.807) is 6.26 Å². The van der Waals surface area contributed by atoms with Gasteiger partial charge in [0, 0.05) is 19.6 Å². The highest BCUT2D eigenvalue weighted by atomic mass is 16.4. The Hall–Kier alpha value is -1.03. The van der Waals surface area contributed by atoms with Gasteiger partial charge in [0.1, 0.15) is 6.26 Å². The Bertz CT molecular complexity index is 367. The maximum Gasteiger partial charge on any atom is 0.297 e. The first kappa shape index (κ1) is 13.4. The number of aromatic nitrogens is 1. The Balaban J connectivity index is 1.91. The van der Waals surface area contributed by atoms with Crippen LogP contribution in [0.25, 0.3) is 0 Å². The van der Waals surface area contributed by atoms with E-state index in [1.165, 1.54) is 19.3 Å². The molecule has 0 unspecified atom stereocenters. The van der Waals surface area contributed by atoms with Crippen LogP contribution in [0.1, 0.15) is 45.7 Å². The van der Waals surface area contributed by atoms with E-state index in [-0.39, 0.29) is 0 Å². The van der Waals surface area contributed by atoms with Crippen LogP contribution in [0, 0.1) is 5.41 Å². The zero-order valence-electron chi connectivity index (χ0n) is 11.8. The molecule has 0 aliphatic carbocycles. The van der Waals surface area contributed by atoms with Crippen LogP contribution < -0.4 is 10.2 Å². The molecule has 1 fully saturated rings. The van der Waals surface area contributed by atoms with Crippen LogP contribution in [-0.4, -0.2) is 24.6 Å². The monoisotopic (exact) mass is 251 g/mol. The average molecular weight is 251 g/mol. The molecule has 4 nitrogen and oxygen atoms in total. The number of piperidine rings is 1. The molecule has 1 N–H and O–H groups in total. The number of nitrogens with zero attached hydrogens (tertiary/aromatic N) is 2. The Morgan fingerprint density at radius 3 is 2.72 bits per heavy atom. The van der Waals surface area contributed by atoms with Crippen molar-refractivity contribution in [3.8, 4) is 0 Å². The van der Waals surface area contributed by atoms with Gasteiger partial charge < -0.3 is 14.6 Å². The molecule has 102 valence electrons. The first-order chi connectivity index (χ1) is 8.67. The molecule has 2 heterocycles. The van der Waals surface area contributed by atoms with E-state index in [0.29, 0.717) is 5.41 Å². The highest BCUT2D eigenvalue weighted by Crippen LogP contribution is 2.35. The Morgan fingerprint density at radius 2 is 2.11 bits per heavy atom. The smallest absolute Gasteiger partial charge is 0.297 e. The summed E-state index contributed by atoms with van der Waals surface area (Å²) in [5.74, 6) is 0. The lowest BCUT2D eigenvalue weighted by Crippen LogP contribution is -2.38. The molecule has 1 aromatic heterocycles. The third-order valence-corrected chi connectivity index (χ3v) is 4.19. The predicted molar refractivity (Wildman–Crippen MR) is 73.7 cm³/mol. The van der Waals surface area contributed by atoms with Crippen molar-refractivity contribution in [1.82, 2.24) is 10.3 Å². The maximum atomic E-state index is 5.58. The molecule has 0 atom stereocenters. The molecule has 2 rings (SSSR count). The second-order valence-electron chi connectivity index (χ2n) is 5.55. The molecule has 1 aliphatic heterocycles. The highest BCUT2D eigenvalue weighted by Gasteiger charge is 2.29. The fourth-order valence-corrected chi connectivity index (χ4v) is 2.37.